The molecule has 0 aliphatic carbocycles. The van der Waals surface area contributed by atoms with Crippen molar-refractivity contribution in [2.45, 2.75) is 20.4 Å². The van der Waals surface area contributed by atoms with Crippen LogP contribution in [0.25, 0.3) is 32.7 Å². The third kappa shape index (κ3) is 6.74. The van der Waals surface area contributed by atoms with Gasteiger partial charge in [-0.05, 0) is 47.2 Å². The van der Waals surface area contributed by atoms with Gasteiger partial charge in [0, 0.05) is 32.2 Å². The first-order valence-corrected chi connectivity index (χ1v) is 19.7. The largest absolute Gasteiger partial charge is 0.504 e. The SMILES string of the molecule is CSc1cc(-c2ccc(N=Nc3c(O)c(S(=O)(=O)O)c4ccccc4c3N)c(CS)c2)ccc1N=Nc1c(O)c(S(=O)(=O)O)c2ccccc2c1N. The summed E-state index contributed by atoms with van der Waals surface area (Å²) >= 11 is 5.80. The Labute approximate surface area is 306 Å². The molecule has 18 heteroatoms. The van der Waals surface area contributed by atoms with Crippen LogP contribution in [0.5, 0.6) is 11.5 Å². The molecule has 0 atom stereocenters. The number of nitrogen functional groups attached to an aromatic ring is 2. The average Bonchev–Trinajstić information content (AvgIpc) is 3.10. The van der Waals surface area contributed by atoms with Gasteiger partial charge < -0.3 is 21.7 Å². The molecule has 0 spiro atoms. The maximum Gasteiger partial charge on any atom is 0.298 e. The molecule has 6 aromatic rings. The van der Waals surface area contributed by atoms with E-state index in [1.807, 2.05) is 18.4 Å². The number of thiol groups is 1. The molecule has 0 unspecified atom stereocenters. The Balaban J connectivity index is 1.35. The van der Waals surface area contributed by atoms with Gasteiger partial charge in [-0.25, -0.2) is 0 Å². The van der Waals surface area contributed by atoms with Crippen molar-refractivity contribution in [1.29, 1.82) is 0 Å². The smallest absolute Gasteiger partial charge is 0.298 e. The molecule has 6 rings (SSSR count). The molecule has 0 amide bonds. The minimum atomic E-state index is -4.86. The van der Waals surface area contributed by atoms with Crippen LogP contribution in [-0.4, -0.2) is 42.4 Å². The van der Waals surface area contributed by atoms with Gasteiger partial charge in [0.2, 0.25) is 0 Å². The molecule has 6 aromatic carbocycles. The van der Waals surface area contributed by atoms with Gasteiger partial charge in [-0.2, -0.15) is 34.6 Å². The van der Waals surface area contributed by atoms with Crippen LogP contribution in [0.4, 0.5) is 34.1 Å². The van der Waals surface area contributed by atoms with E-state index in [1.165, 1.54) is 42.1 Å². The fraction of sp³-hybridized carbons (Fsp3) is 0.0588. The van der Waals surface area contributed by atoms with E-state index in [1.54, 1.807) is 42.5 Å². The van der Waals surface area contributed by atoms with Gasteiger partial charge in [0.1, 0.15) is 9.79 Å². The number of thioether (sulfide) groups is 1. The number of aromatic hydroxyl groups is 2. The number of hydrogen-bond donors (Lipinski definition) is 7. The summed E-state index contributed by atoms with van der Waals surface area (Å²) in [6, 6.07) is 22.7. The number of anilines is 2. The minimum Gasteiger partial charge on any atom is -0.504 e. The summed E-state index contributed by atoms with van der Waals surface area (Å²) in [6.07, 6.45) is 1.82. The standard InChI is InChI=1S/C34H28N6O8S4/c1-50-26-15-18(11-13-25(26)38-40-30-28(36)21-7-3-5-9-23(21)34(32(30)42)52(46,47)48)17-10-12-24(19(14-17)16-49)37-39-29-27(35)20-6-2-4-8-22(20)33(31(29)41)51(43,44)45/h2-15,41-42,49H,16,35-36H2,1H3,(H,43,44,45)(H,46,47,48). The molecule has 0 aliphatic rings. The second-order valence-electron chi connectivity index (χ2n) is 11.2. The Kier molecular flexibility index (Phi) is 9.88. The van der Waals surface area contributed by atoms with E-state index in [2.05, 4.69) is 33.1 Å². The molecule has 0 aromatic heterocycles. The lowest BCUT2D eigenvalue weighted by Crippen LogP contribution is -2.02. The van der Waals surface area contributed by atoms with Gasteiger partial charge in [-0.1, -0.05) is 60.7 Å². The molecule has 266 valence electrons. The molecule has 0 radical (unpaired) electrons. The fourth-order valence-electron chi connectivity index (χ4n) is 5.67. The molecule has 52 heavy (non-hydrogen) atoms. The highest BCUT2D eigenvalue weighted by molar-refractivity contribution is 7.98. The Hall–Kier alpha value is -5.24. The van der Waals surface area contributed by atoms with Crippen molar-refractivity contribution >= 4 is 100 Å². The first-order valence-electron chi connectivity index (χ1n) is 14.9. The number of rotatable bonds is 9. The highest BCUT2D eigenvalue weighted by Crippen LogP contribution is 2.48. The van der Waals surface area contributed by atoms with E-state index in [-0.39, 0.29) is 50.0 Å². The number of azo groups is 2. The molecule has 0 saturated carbocycles. The molecule has 0 saturated heterocycles. The molecular formula is C34H28N6O8S4. The molecule has 14 nitrogen and oxygen atoms in total. The lowest BCUT2D eigenvalue weighted by molar-refractivity contribution is 0.444. The van der Waals surface area contributed by atoms with E-state index < -0.39 is 41.5 Å². The summed E-state index contributed by atoms with van der Waals surface area (Å²) in [5.41, 5.74) is 14.7. The predicted octanol–water partition coefficient (Wildman–Crippen LogP) is 8.71. The van der Waals surface area contributed by atoms with E-state index in [0.29, 0.717) is 21.8 Å². The summed E-state index contributed by atoms with van der Waals surface area (Å²) in [7, 11) is -9.71. The Bertz CT molecular complexity index is 2540. The summed E-state index contributed by atoms with van der Waals surface area (Å²) in [4.78, 5) is -0.790. The lowest BCUT2D eigenvalue weighted by atomic mass is 10.0. The third-order valence-electron chi connectivity index (χ3n) is 8.11. The number of fused-ring (bicyclic) bond motifs is 2. The number of phenols is 2. The van der Waals surface area contributed by atoms with Crippen molar-refractivity contribution in [3.63, 3.8) is 0 Å². The zero-order valence-electron chi connectivity index (χ0n) is 26.8. The second-order valence-corrected chi connectivity index (χ2v) is 15.1. The zero-order chi connectivity index (χ0) is 37.5. The first kappa shape index (κ1) is 36.5. The number of benzene rings is 6. The highest BCUT2D eigenvalue weighted by atomic mass is 32.2. The average molecular weight is 777 g/mol. The van der Waals surface area contributed by atoms with E-state index in [0.717, 1.165) is 11.1 Å². The molecule has 0 bridgehead atoms. The van der Waals surface area contributed by atoms with Gasteiger partial charge in [0.25, 0.3) is 20.2 Å². The number of nitrogens with zero attached hydrogens (tertiary/aromatic N) is 4. The van der Waals surface area contributed by atoms with Crippen LogP contribution >= 0.6 is 24.4 Å². The molecule has 0 heterocycles. The Morgan fingerprint density at radius 2 is 1.06 bits per heavy atom. The maximum atomic E-state index is 12.2. The quantitative estimate of drug-likeness (QED) is 0.0240. The summed E-state index contributed by atoms with van der Waals surface area (Å²) in [5, 5.41) is 38.9. The second kappa shape index (κ2) is 14.1. The van der Waals surface area contributed by atoms with E-state index in [4.69, 9.17) is 11.5 Å². The van der Waals surface area contributed by atoms with Crippen LogP contribution < -0.4 is 11.5 Å². The number of nitrogens with two attached hydrogens (primary N) is 2. The van der Waals surface area contributed by atoms with Crippen LogP contribution in [0.2, 0.25) is 0 Å². The van der Waals surface area contributed by atoms with Gasteiger partial charge in [-0.3, -0.25) is 9.11 Å². The molecule has 8 N–H and O–H groups in total. The molecular weight excluding hydrogens is 749 g/mol. The minimum absolute atomic E-state index is 0.0266. The van der Waals surface area contributed by atoms with Gasteiger partial charge in [0.15, 0.2) is 22.9 Å². The number of hydrogen-bond acceptors (Lipinski definition) is 14. The molecule has 0 fully saturated rings. The van der Waals surface area contributed by atoms with E-state index in [9.17, 15) is 36.2 Å². The van der Waals surface area contributed by atoms with Crippen LogP contribution in [0.1, 0.15) is 5.56 Å². The van der Waals surface area contributed by atoms with Gasteiger partial charge in [0.05, 0.1) is 22.7 Å². The van der Waals surface area contributed by atoms with Crippen molar-refractivity contribution in [2.75, 3.05) is 17.7 Å². The van der Waals surface area contributed by atoms with Crippen LogP contribution in [0.15, 0.2) is 120 Å². The third-order valence-corrected chi connectivity index (χ3v) is 11.1. The van der Waals surface area contributed by atoms with Crippen molar-refractivity contribution in [3.8, 4) is 22.6 Å². The first-order chi connectivity index (χ1) is 24.6. The Morgan fingerprint density at radius 1 is 0.635 bits per heavy atom. The summed E-state index contributed by atoms with van der Waals surface area (Å²) in [6.45, 7) is 0. The zero-order valence-corrected chi connectivity index (χ0v) is 30.2. The topological polar surface area (TPSA) is 251 Å². The van der Waals surface area contributed by atoms with Crippen LogP contribution in [0.3, 0.4) is 0 Å². The summed E-state index contributed by atoms with van der Waals surface area (Å²) in [5.74, 6) is -1.45. The summed E-state index contributed by atoms with van der Waals surface area (Å²) < 4.78 is 68.4. The van der Waals surface area contributed by atoms with Gasteiger partial charge in [-0.15, -0.1) is 27.1 Å². The van der Waals surface area contributed by atoms with Crippen molar-refractivity contribution in [1.82, 2.24) is 0 Å². The van der Waals surface area contributed by atoms with Crippen molar-refractivity contribution in [3.05, 3.63) is 90.5 Å². The number of phenolic OH excluding ortho intramolecular Hbond substituents is 2. The van der Waals surface area contributed by atoms with Gasteiger partial charge >= 0.3 is 0 Å². The monoisotopic (exact) mass is 776 g/mol. The van der Waals surface area contributed by atoms with Crippen molar-refractivity contribution < 1.29 is 36.2 Å². The molecule has 0 aliphatic heterocycles. The van der Waals surface area contributed by atoms with Crippen LogP contribution in [-0.2, 0) is 26.0 Å². The fourth-order valence-corrected chi connectivity index (χ4v) is 8.08. The lowest BCUT2D eigenvalue weighted by Gasteiger charge is -2.13. The normalized spacial score (nSPS) is 12.5. The highest BCUT2D eigenvalue weighted by Gasteiger charge is 2.27. The van der Waals surface area contributed by atoms with Crippen molar-refractivity contribution in [2.24, 2.45) is 20.5 Å². The Morgan fingerprint density at radius 3 is 1.50 bits per heavy atom. The maximum absolute atomic E-state index is 12.2. The van der Waals surface area contributed by atoms with E-state index >= 15 is 0 Å². The van der Waals surface area contributed by atoms with Crippen LogP contribution in [0, 0.1) is 0 Å². The predicted molar refractivity (Wildman–Crippen MR) is 204 cm³/mol.